The standard InChI is InChI=1S/C21H19BrFN3OS/c22-15-4-3-5-16(10-15)26-9-8-14(13-26)11-24-20(27)19-12-25-21(28-19)17-6-1-2-7-18(17)23/h1-7,10,12,14H,8-9,11,13H2,(H,24,27). The van der Waals surface area contributed by atoms with Gasteiger partial charge in [-0.15, -0.1) is 11.3 Å². The van der Waals surface area contributed by atoms with Crippen LogP contribution in [0.1, 0.15) is 16.1 Å². The number of benzene rings is 2. The number of carbonyl (C=O) groups is 1. The van der Waals surface area contributed by atoms with Crippen molar-refractivity contribution in [1.82, 2.24) is 10.3 Å². The van der Waals surface area contributed by atoms with E-state index in [1.54, 1.807) is 18.2 Å². The fraction of sp³-hybridized carbons (Fsp3) is 0.238. The quantitative estimate of drug-likeness (QED) is 0.585. The molecular formula is C21H19BrFN3OS. The molecule has 0 radical (unpaired) electrons. The van der Waals surface area contributed by atoms with Gasteiger partial charge in [0.25, 0.3) is 5.91 Å². The van der Waals surface area contributed by atoms with Crippen LogP contribution in [-0.4, -0.2) is 30.5 Å². The fourth-order valence-electron chi connectivity index (χ4n) is 3.37. The number of nitrogens with zero attached hydrogens (tertiary/aromatic N) is 2. The van der Waals surface area contributed by atoms with Gasteiger partial charge in [0.2, 0.25) is 0 Å². The largest absolute Gasteiger partial charge is 0.371 e. The number of thiazole rings is 1. The van der Waals surface area contributed by atoms with Crippen LogP contribution in [0.15, 0.2) is 59.2 Å². The average molecular weight is 460 g/mol. The Morgan fingerprint density at radius 3 is 2.96 bits per heavy atom. The molecule has 1 aliphatic heterocycles. The van der Waals surface area contributed by atoms with E-state index in [1.165, 1.54) is 29.3 Å². The molecule has 1 fully saturated rings. The minimum absolute atomic E-state index is 0.152. The zero-order valence-corrected chi connectivity index (χ0v) is 17.5. The first-order valence-corrected chi connectivity index (χ1v) is 10.7. The molecule has 1 amide bonds. The van der Waals surface area contributed by atoms with E-state index in [9.17, 15) is 9.18 Å². The number of aromatic nitrogens is 1. The Labute approximate surface area is 175 Å². The highest BCUT2D eigenvalue weighted by molar-refractivity contribution is 9.10. The summed E-state index contributed by atoms with van der Waals surface area (Å²) in [5, 5.41) is 3.52. The van der Waals surface area contributed by atoms with Gasteiger partial charge >= 0.3 is 0 Å². The summed E-state index contributed by atoms with van der Waals surface area (Å²) in [4.78, 5) is 19.5. The van der Waals surface area contributed by atoms with E-state index in [0.717, 1.165) is 24.0 Å². The lowest BCUT2D eigenvalue weighted by atomic mass is 10.1. The van der Waals surface area contributed by atoms with Crippen LogP contribution in [0, 0.1) is 11.7 Å². The topological polar surface area (TPSA) is 45.2 Å². The lowest BCUT2D eigenvalue weighted by molar-refractivity contribution is 0.0952. The summed E-state index contributed by atoms with van der Waals surface area (Å²) in [6.45, 7) is 2.52. The predicted molar refractivity (Wildman–Crippen MR) is 114 cm³/mol. The van der Waals surface area contributed by atoms with Crippen LogP contribution in [0.25, 0.3) is 10.6 Å². The monoisotopic (exact) mass is 459 g/mol. The minimum Gasteiger partial charge on any atom is -0.371 e. The Balaban J connectivity index is 1.33. The van der Waals surface area contributed by atoms with Crippen molar-refractivity contribution in [3.63, 3.8) is 0 Å². The number of anilines is 1. The number of amides is 1. The Hall–Kier alpha value is -2.25. The van der Waals surface area contributed by atoms with E-state index in [-0.39, 0.29) is 11.7 Å². The second-order valence-electron chi connectivity index (χ2n) is 6.80. The minimum atomic E-state index is -0.331. The summed E-state index contributed by atoms with van der Waals surface area (Å²) in [6, 6.07) is 14.7. The SMILES string of the molecule is O=C(NCC1CCN(c2cccc(Br)c2)C1)c1cnc(-c2ccccc2F)s1. The van der Waals surface area contributed by atoms with Crippen molar-refractivity contribution in [2.45, 2.75) is 6.42 Å². The van der Waals surface area contributed by atoms with Crippen molar-refractivity contribution in [2.75, 3.05) is 24.5 Å². The molecule has 1 unspecified atom stereocenters. The van der Waals surface area contributed by atoms with E-state index >= 15 is 0 Å². The van der Waals surface area contributed by atoms with Gasteiger partial charge in [0.15, 0.2) is 0 Å². The molecular weight excluding hydrogens is 441 g/mol. The number of halogens is 2. The summed E-state index contributed by atoms with van der Waals surface area (Å²) in [5.41, 5.74) is 1.62. The highest BCUT2D eigenvalue weighted by Gasteiger charge is 2.24. The first kappa shape index (κ1) is 19.1. The van der Waals surface area contributed by atoms with Gasteiger partial charge in [0, 0.05) is 35.4 Å². The molecule has 3 aromatic rings. The van der Waals surface area contributed by atoms with Gasteiger partial charge in [-0.25, -0.2) is 9.37 Å². The van der Waals surface area contributed by atoms with Gasteiger partial charge in [0.05, 0.1) is 6.20 Å². The summed E-state index contributed by atoms with van der Waals surface area (Å²) < 4.78 is 15.0. The van der Waals surface area contributed by atoms with Gasteiger partial charge in [-0.1, -0.05) is 34.1 Å². The zero-order chi connectivity index (χ0) is 19.5. The van der Waals surface area contributed by atoms with Gasteiger partial charge < -0.3 is 10.2 Å². The van der Waals surface area contributed by atoms with Crippen molar-refractivity contribution >= 4 is 38.9 Å². The number of carbonyl (C=O) groups excluding carboxylic acids is 1. The molecule has 0 aliphatic carbocycles. The molecule has 0 bridgehead atoms. The van der Waals surface area contributed by atoms with Crippen molar-refractivity contribution in [3.8, 4) is 10.6 Å². The normalized spacial score (nSPS) is 16.4. The molecule has 4 nitrogen and oxygen atoms in total. The van der Waals surface area contributed by atoms with Gasteiger partial charge in [0.1, 0.15) is 15.7 Å². The van der Waals surface area contributed by atoms with Crippen LogP contribution >= 0.6 is 27.3 Å². The number of nitrogens with one attached hydrogen (secondary N) is 1. The molecule has 1 N–H and O–H groups in total. The highest BCUT2D eigenvalue weighted by Crippen LogP contribution is 2.28. The van der Waals surface area contributed by atoms with Gasteiger partial charge in [-0.05, 0) is 42.7 Å². The van der Waals surface area contributed by atoms with Crippen LogP contribution in [0.2, 0.25) is 0 Å². The van der Waals surface area contributed by atoms with Crippen LogP contribution in [0.5, 0.6) is 0 Å². The number of hydrogen-bond acceptors (Lipinski definition) is 4. The second kappa shape index (κ2) is 8.41. The Morgan fingerprint density at radius 1 is 1.29 bits per heavy atom. The molecule has 28 heavy (non-hydrogen) atoms. The zero-order valence-electron chi connectivity index (χ0n) is 15.1. The number of rotatable bonds is 5. The summed E-state index contributed by atoms with van der Waals surface area (Å²) >= 11 is 4.72. The van der Waals surface area contributed by atoms with Crippen LogP contribution in [0.3, 0.4) is 0 Å². The molecule has 2 heterocycles. The van der Waals surface area contributed by atoms with E-state index in [0.29, 0.717) is 27.9 Å². The van der Waals surface area contributed by atoms with E-state index in [2.05, 4.69) is 43.3 Å². The van der Waals surface area contributed by atoms with Crippen molar-refractivity contribution in [3.05, 3.63) is 69.9 Å². The third-order valence-electron chi connectivity index (χ3n) is 4.84. The van der Waals surface area contributed by atoms with Crippen LogP contribution in [0.4, 0.5) is 10.1 Å². The van der Waals surface area contributed by atoms with E-state index < -0.39 is 0 Å². The smallest absolute Gasteiger partial charge is 0.263 e. The van der Waals surface area contributed by atoms with Gasteiger partial charge in [-0.3, -0.25) is 4.79 Å². The summed E-state index contributed by atoms with van der Waals surface area (Å²) in [7, 11) is 0. The first-order valence-electron chi connectivity index (χ1n) is 9.09. The fourth-order valence-corrected chi connectivity index (χ4v) is 4.62. The summed E-state index contributed by atoms with van der Waals surface area (Å²) in [6.07, 6.45) is 2.56. The van der Waals surface area contributed by atoms with Crippen molar-refractivity contribution < 1.29 is 9.18 Å². The van der Waals surface area contributed by atoms with E-state index in [4.69, 9.17) is 0 Å². The molecule has 7 heteroatoms. The van der Waals surface area contributed by atoms with E-state index in [1.807, 2.05) is 12.1 Å². The Morgan fingerprint density at radius 2 is 2.14 bits per heavy atom. The maximum absolute atomic E-state index is 13.9. The van der Waals surface area contributed by atoms with Gasteiger partial charge in [-0.2, -0.15) is 0 Å². The molecule has 0 saturated carbocycles. The maximum atomic E-state index is 13.9. The van der Waals surface area contributed by atoms with Crippen LogP contribution < -0.4 is 10.2 Å². The lowest BCUT2D eigenvalue weighted by Gasteiger charge is -2.19. The molecule has 0 spiro atoms. The molecule has 4 rings (SSSR count). The third-order valence-corrected chi connectivity index (χ3v) is 6.37. The number of hydrogen-bond donors (Lipinski definition) is 1. The lowest BCUT2D eigenvalue weighted by Crippen LogP contribution is -2.30. The molecule has 1 aromatic heterocycles. The van der Waals surface area contributed by atoms with Crippen molar-refractivity contribution in [2.24, 2.45) is 5.92 Å². The molecule has 2 aromatic carbocycles. The van der Waals surface area contributed by atoms with Crippen LogP contribution in [-0.2, 0) is 0 Å². The van der Waals surface area contributed by atoms with Crippen molar-refractivity contribution in [1.29, 1.82) is 0 Å². The highest BCUT2D eigenvalue weighted by atomic mass is 79.9. The molecule has 1 aliphatic rings. The third kappa shape index (κ3) is 4.25. The average Bonchev–Trinajstić information content (AvgIpc) is 3.36. The maximum Gasteiger partial charge on any atom is 0.263 e. The first-order chi connectivity index (χ1) is 13.6. The molecule has 1 saturated heterocycles. The molecule has 144 valence electrons. The molecule has 1 atom stereocenters. The second-order valence-corrected chi connectivity index (χ2v) is 8.75. The predicted octanol–water partition coefficient (Wildman–Crippen LogP) is 4.97. The Bertz CT molecular complexity index is 993. The Kier molecular flexibility index (Phi) is 5.73. The summed E-state index contributed by atoms with van der Waals surface area (Å²) in [5.74, 6) is -0.0784.